The van der Waals surface area contributed by atoms with E-state index >= 15 is 0 Å². The Morgan fingerprint density at radius 3 is 1.76 bits per heavy atom. The van der Waals surface area contributed by atoms with Gasteiger partial charge in [-0.3, -0.25) is 0 Å². The van der Waals surface area contributed by atoms with Crippen molar-refractivity contribution in [2.45, 2.75) is 90.9 Å². The van der Waals surface area contributed by atoms with Crippen LogP contribution in [0.2, 0.25) is 0 Å². The molecule has 0 amide bonds. The van der Waals surface area contributed by atoms with Crippen molar-refractivity contribution in [3.8, 4) is 11.1 Å². The SMILES string of the molecule is C=CC/C(C)=C/C(=C\C)C1(c2ccc3c(c2)CC3)c2cc(C(C)(C)C)ccc2-c2ccc(C(C)(C)C)cc21. The average Bonchev–Trinajstić information content (AvgIpc) is 3.12. The number of hydrogen-bond acceptors (Lipinski definition) is 0. The zero-order chi connectivity index (χ0) is 27.5. The highest BCUT2D eigenvalue weighted by Gasteiger charge is 2.48. The van der Waals surface area contributed by atoms with Gasteiger partial charge in [0.05, 0.1) is 5.41 Å². The van der Waals surface area contributed by atoms with Gasteiger partial charge in [0, 0.05) is 0 Å². The summed E-state index contributed by atoms with van der Waals surface area (Å²) in [4.78, 5) is 0. The van der Waals surface area contributed by atoms with Gasteiger partial charge in [0.25, 0.3) is 0 Å². The summed E-state index contributed by atoms with van der Waals surface area (Å²) in [6.07, 6.45) is 10.1. The molecule has 0 nitrogen and oxygen atoms in total. The van der Waals surface area contributed by atoms with Gasteiger partial charge in [-0.2, -0.15) is 0 Å². The minimum Gasteiger partial charge on any atom is -0.103 e. The minimum atomic E-state index is -0.366. The fourth-order valence-corrected chi connectivity index (χ4v) is 6.43. The lowest BCUT2D eigenvalue weighted by atomic mass is 9.64. The second-order valence-electron chi connectivity index (χ2n) is 13.5. The van der Waals surface area contributed by atoms with Crippen molar-refractivity contribution in [2.24, 2.45) is 0 Å². The van der Waals surface area contributed by atoms with E-state index < -0.39 is 0 Å². The van der Waals surface area contributed by atoms with Crippen LogP contribution in [0.15, 0.2) is 90.6 Å². The van der Waals surface area contributed by atoms with E-state index in [-0.39, 0.29) is 16.2 Å². The number of hydrogen-bond donors (Lipinski definition) is 0. The maximum atomic E-state index is 4.02. The first-order valence-corrected chi connectivity index (χ1v) is 14.3. The summed E-state index contributed by atoms with van der Waals surface area (Å²) in [7, 11) is 0. The number of aryl methyl sites for hydroxylation is 2. The van der Waals surface area contributed by atoms with Crippen molar-refractivity contribution in [3.63, 3.8) is 0 Å². The first-order valence-electron chi connectivity index (χ1n) is 14.3. The predicted octanol–water partition coefficient (Wildman–Crippen LogP) is 10.2. The summed E-state index contributed by atoms with van der Waals surface area (Å²) in [5, 5.41) is 0. The second-order valence-corrected chi connectivity index (χ2v) is 13.5. The Kier molecular flexibility index (Phi) is 6.46. The maximum Gasteiger partial charge on any atom is 0.0710 e. The monoisotopic (exact) mass is 500 g/mol. The molecule has 0 radical (unpaired) electrons. The lowest BCUT2D eigenvalue weighted by Crippen LogP contribution is -2.31. The molecule has 0 saturated heterocycles. The first-order chi connectivity index (χ1) is 17.9. The molecule has 0 fully saturated rings. The van der Waals surface area contributed by atoms with Crippen LogP contribution in [0.5, 0.6) is 0 Å². The van der Waals surface area contributed by atoms with Crippen LogP contribution in [-0.4, -0.2) is 0 Å². The summed E-state index contributed by atoms with van der Waals surface area (Å²) in [5.74, 6) is 0. The van der Waals surface area contributed by atoms with Crippen LogP contribution in [0.1, 0.15) is 101 Å². The topological polar surface area (TPSA) is 0 Å². The van der Waals surface area contributed by atoms with E-state index in [1.807, 2.05) is 6.08 Å². The molecule has 2 aliphatic carbocycles. The molecule has 2 aliphatic rings. The molecule has 0 N–H and O–H groups in total. The van der Waals surface area contributed by atoms with Crippen LogP contribution >= 0.6 is 0 Å². The lowest BCUT2D eigenvalue weighted by molar-refractivity contribution is 0.586. The minimum absolute atomic E-state index is 0.0667. The largest absolute Gasteiger partial charge is 0.103 e. The van der Waals surface area contributed by atoms with E-state index in [1.54, 1.807) is 0 Å². The standard InChI is InChI=1S/C38H44/c1-10-12-25(3)21-28(11-2)38(31-16-15-26-13-14-27(26)22-31)34-23-29(36(4,5)6)17-19-32(34)33-20-18-30(24-35(33)38)37(7,8)9/h10-11,15-24H,1,12-14H2,2-9H3/b25-21+,28-11+. The summed E-state index contributed by atoms with van der Waals surface area (Å²) in [6, 6.07) is 21.9. The van der Waals surface area contributed by atoms with E-state index in [4.69, 9.17) is 0 Å². The van der Waals surface area contributed by atoms with Gasteiger partial charge in [-0.05, 0) is 99.6 Å². The molecule has 5 rings (SSSR count). The molecule has 0 aromatic heterocycles. The van der Waals surface area contributed by atoms with Crippen molar-refractivity contribution in [1.82, 2.24) is 0 Å². The predicted molar refractivity (Wildman–Crippen MR) is 165 cm³/mol. The summed E-state index contributed by atoms with van der Waals surface area (Å²) in [6.45, 7) is 22.4. The van der Waals surface area contributed by atoms with Gasteiger partial charge in [0.2, 0.25) is 0 Å². The van der Waals surface area contributed by atoms with Crippen LogP contribution in [-0.2, 0) is 29.1 Å². The van der Waals surface area contributed by atoms with Crippen LogP contribution in [0.25, 0.3) is 11.1 Å². The molecule has 0 aliphatic heterocycles. The maximum absolute atomic E-state index is 4.02. The molecule has 0 unspecified atom stereocenters. The van der Waals surface area contributed by atoms with Crippen molar-refractivity contribution in [1.29, 1.82) is 0 Å². The quantitative estimate of drug-likeness (QED) is 0.241. The highest BCUT2D eigenvalue weighted by molar-refractivity contribution is 5.87. The number of fused-ring (bicyclic) bond motifs is 4. The Labute approximate surface area is 231 Å². The molecular formula is C38H44. The van der Waals surface area contributed by atoms with Crippen LogP contribution in [0, 0.1) is 0 Å². The highest BCUT2D eigenvalue weighted by Crippen LogP contribution is 2.58. The molecule has 0 heterocycles. The van der Waals surface area contributed by atoms with Gasteiger partial charge in [-0.25, -0.2) is 0 Å². The van der Waals surface area contributed by atoms with Crippen molar-refractivity contribution in [3.05, 3.63) is 129 Å². The van der Waals surface area contributed by atoms with Crippen molar-refractivity contribution >= 4 is 0 Å². The van der Waals surface area contributed by atoms with Gasteiger partial charge < -0.3 is 0 Å². The number of benzene rings is 3. The molecule has 3 aromatic rings. The van der Waals surface area contributed by atoms with E-state index in [0.717, 1.165) is 6.42 Å². The van der Waals surface area contributed by atoms with Gasteiger partial charge >= 0.3 is 0 Å². The molecule has 3 aromatic carbocycles. The Morgan fingerprint density at radius 2 is 1.34 bits per heavy atom. The Hall–Kier alpha value is -3.12. The molecule has 38 heavy (non-hydrogen) atoms. The van der Waals surface area contributed by atoms with E-state index in [0.29, 0.717) is 0 Å². The van der Waals surface area contributed by atoms with Crippen molar-refractivity contribution in [2.75, 3.05) is 0 Å². The third-order valence-corrected chi connectivity index (χ3v) is 8.78. The van der Waals surface area contributed by atoms with Crippen molar-refractivity contribution < 1.29 is 0 Å². The molecule has 0 spiro atoms. The van der Waals surface area contributed by atoms with E-state index in [1.165, 1.54) is 74.1 Å². The fourth-order valence-electron chi connectivity index (χ4n) is 6.43. The third-order valence-electron chi connectivity index (χ3n) is 8.78. The Balaban J connectivity index is 1.95. The van der Waals surface area contributed by atoms with Gasteiger partial charge in [-0.1, -0.05) is 120 Å². The van der Waals surface area contributed by atoms with Gasteiger partial charge in [-0.15, -0.1) is 6.58 Å². The molecular weight excluding hydrogens is 456 g/mol. The highest BCUT2D eigenvalue weighted by atomic mass is 14.5. The smallest absolute Gasteiger partial charge is 0.0710 e. The van der Waals surface area contributed by atoms with Crippen LogP contribution in [0.4, 0.5) is 0 Å². The van der Waals surface area contributed by atoms with E-state index in [2.05, 4.69) is 129 Å². The first kappa shape index (κ1) is 26.5. The zero-order valence-electron chi connectivity index (χ0n) is 24.8. The number of rotatable bonds is 5. The summed E-state index contributed by atoms with van der Waals surface area (Å²) < 4.78 is 0. The normalized spacial score (nSPS) is 16.4. The lowest BCUT2D eigenvalue weighted by Gasteiger charge is -2.37. The third kappa shape index (κ3) is 4.14. The zero-order valence-corrected chi connectivity index (χ0v) is 24.8. The number of allylic oxidation sites excluding steroid dienone is 5. The van der Waals surface area contributed by atoms with Crippen LogP contribution < -0.4 is 0 Å². The van der Waals surface area contributed by atoms with Gasteiger partial charge in [0.1, 0.15) is 0 Å². The van der Waals surface area contributed by atoms with Crippen LogP contribution in [0.3, 0.4) is 0 Å². The molecule has 0 heteroatoms. The van der Waals surface area contributed by atoms with Gasteiger partial charge in [0.15, 0.2) is 0 Å². The average molecular weight is 501 g/mol. The second kappa shape index (κ2) is 9.26. The fraction of sp³-hybridized carbons (Fsp3) is 0.368. The summed E-state index contributed by atoms with van der Waals surface area (Å²) >= 11 is 0. The Bertz CT molecular complexity index is 1410. The summed E-state index contributed by atoms with van der Waals surface area (Å²) in [5.41, 5.74) is 15.2. The Morgan fingerprint density at radius 1 is 0.789 bits per heavy atom. The molecule has 0 saturated carbocycles. The molecule has 0 atom stereocenters. The molecule has 0 bridgehead atoms. The molecule has 196 valence electrons. The van der Waals surface area contributed by atoms with E-state index in [9.17, 15) is 0 Å².